The highest BCUT2D eigenvalue weighted by Gasteiger charge is 2.49. The number of benzene rings is 6. The van der Waals surface area contributed by atoms with Gasteiger partial charge in [0.15, 0.2) is 0 Å². The molecule has 9 rings (SSSR count). The molecule has 0 radical (unpaired) electrons. The molecule has 0 aromatic heterocycles. The number of aryl methyl sites for hydroxylation is 2. The summed E-state index contributed by atoms with van der Waals surface area (Å²) in [4.78, 5) is 10.2. The number of nitrogens with zero attached hydrogens (tertiary/aromatic N) is 3. The summed E-state index contributed by atoms with van der Waals surface area (Å²) >= 11 is 0. The number of amidine groups is 1. The molecular weight excluding hydrogens is 736 g/mol. The first-order chi connectivity index (χ1) is 28.7. The van der Waals surface area contributed by atoms with Crippen molar-refractivity contribution in [1.29, 1.82) is 0 Å². The van der Waals surface area contributed by atoms with Crippen molar-refractivity contribution in [2.75, 3.05) is 9.80 Å². The maximum Gasteiger partial charge on any atom is 0.247 e. The molecule has 0 amide bonds. The fourth-order valence-electron chi connectivity index (χ4n) is 11.6. The van der Waals surface area contributed by atoms with Gasteiger partial charge in [-0.15, -0.1) is 0 Å². The van der Waals surface area contributed by atoms with E-state index in [9.17, 15) is 0 Å². The molecule has 6 aromatic carbocycles. The molecule has 3 aliphatic rings. The molecule has 0 N–H and O–H groups in total. The Morgan fingerprint density at radius 2 is 0.820 bits per heavy atom. The lowest BCUT2D eigenvalue weighted by Gasteiger charge is -2.45. The molecule has 3 aliphatic heterocycles. The van der Waals surface area contributed by atoms with Gasteiger partial charge >= 0.3 is 0 Å². The Kier molecular flexibility index (Phi) is 9.34. The van der Waals surface area contributed by atoms with Crippen LogP contribution in [0.4, 0.5) is 22.7 Å². The average molecular weight is 800 g/mol. The number of hydrogen-bond donors (Lipinski definition) is 0. The third-order valence-electron chi connectivity index (χ3n) is 16.5. The van der Waals surface area contributed by atoms with Gasteiger partial charge in [0, 0.05) is 22.7 Å². The van der Waals surface area contributed by atoms with Gasteiger partial charge in [0.2, 0.25) is 13.4 Å². The third-order valence-corrected chi connectivity index (χ3v) is 16.5. The van der Waals surface area contributed by atoms with Gasteiger partial charge in [-0.3, -0.25) is 4.99 Å². The molecule has 0 saturated carbocycles. The Morgan fingerprint density at radius 3 is 1.20 bits per heavy atom. The minimum atomic E-state index is -0.192. The van der Waals surface area contributed by atoms with E-state index in [4.69, 9.17) is 4.99 Å². The van der Waals surface area contributed by atoms with Gasteiger partial charge < -0.3 is 9.80 Å². The van der Waals surface area contributed by atoms with Gasteiger partial charge in [0.05, 0.1) is 11.1 Å². The van der Waals surface area contributed by atoms with Gasteiger partial charge in [-0.05, 0) is 208 Å². The number of aliphatic imine (C=N–C) groups is 1. The van der Waals surface area contributed by atoms with Crippen LogP contribution in [0.25, 0.3) is 11.1 Å². The van der Waals surface area contributed by atoms with E-state index in [1.807, 2.05) is 0 Å². The summed E-state index contributed by atoms with van der Waals surface area (Å²) in [5.41, 5.74) is 32.3. The first kappa shape index (κ1) is 41.1. The van der Waals surface area contributed by atoms with E-state index < -0.39 is 0 Å². The van der Waals surface area contributed by atoms with Crippen LogP contribution in [-0.4, -0.2) is 30.3 Å². The fraction of sp³-hybridized carbons (Fsp3) is 0.339. The van der Waals surface area contributed by atoms with Gasteiger partial charge in [-0.2, -0.15) is 0 Å². The van der Waals surface area contributed by atoms with Gasteiger partial charge in [-0.25, -0.2) is 0 Å². The second-order valence-electron chi connectivity index (χ2n) is 20.1. The maximum atomic E-state index is 5.12. The lowest BCUT2D eigenvalue weighted by atomic mass is 9.29. The Hall–Kier alpha value is -5.28. The topological polar surface area (TPSA) is 18.8 Å². The minimum absolute atomic E-state index is 0.0555. The Bertz CT molecular complexity index is 2700. The molecule has 5 heteroatoms. The molecule has 0 atom stereocenters. The number of anilines is 4. The smallest absolute Gasteiger partial charge is 0.247 e. The molecule has 0 spiro atoms. The van der Waals surface area contributed by atoms with Gasteiger partial charge in [0.1, 0.15) is 5.84 Å². The summed E-state index contributed by atoms with van der Waals surface area (Å²) in [6, 6.07) is 28.9. The van der Waals surface area contributed by atoms with Crippen molar-refractivity contribution < 1.29 is 0 Å². The van der Waals surface area contributed by atoms with Crippen molar-refractivity contribution in [3.05, 3.63) is 140 Å². The van der Waals surface area contributed by atoms with Gasteiger partial charge in [0.25, 0.3) is 0 Å². The van der Waals surface area contributed by atoms with Crippen LogP contribution in [0.2, 0.25) is 0 Å². The van der Waals surface area contributed by atoms with E-state index in [1.165, 1.54) is 133 Å². The van der Waals surface area contributed by atoms with Crippen LogP contribution in [0, 0.1) is 83.1 Å². The monoisotopic (exact) mass is 800 g/mol. The molecule has 3 nitrogen and oxygen atoms in total. The largest absolute Gasteiger partial charge is 0.322 e. The van der Waals surface area contributed by atoms with Crippen molar-refractivity contribution >= 4 is 74.8 Å². The van der Waals surface area contributed by atoms with Crippen molar-refractivity contribution in [1.82, 2.24) is 0 Å². The predicted molar refractivity (Wildman–Crippen MR) is 269 cm³/mol. The van der Waals surface area contributed by atoms with E-state index in [-0.39, 0.29) is 24.5 Å². The quantitative estimate of drug-likeness (QED) is 0.165. The van der Waals surface area contributed by atoms with Crippen LogP contribution in [0.15, 0.2) is 77.8 Å². The average Bonchev–Trinajstić information content (AvgIpc) is 3.38. The van der Waals surface area contributed by atoms with Crippen LogP contribution < -0.4 is 42.6 Å². The first-order valence-corrected chi connectivity index (χ1v) is 22.5. The highest BCUT2D eigenvalue weighted by molar-refractivity contribution is 7.02. The Labute approximate surface area is 367 Å². The molecule has 0 fully saturated rings. The van der Waals surface area contributed by atoms with Crippen molar-refractivity contribution in [3.8, 4) is 11.1 Å². The Morgan fingerprint density at radius 1 is 0.426 bits per heavy atom. The molecule has 0 bridgehead atoms. The summed E-state index contributed by atoms with van der Waals surface area (Å²) in [6.45, 7) is 39.3. The zero-order valence-corrected chi connectivity index (χ0v) is 39.9. The van der Waals surface area contributed by atoms with E-state index >= 15 is 0 Å². The summed E-state index contributed by atoms with van der Waals surface area (Å²) in [7, 11) is 0. The highest BCUT2D eigenvalue weighted by Crippen LogP contribution is 2.43. The molecule has 0 unspecified atom stereocenters. The second kappa shape index (κ2) is 13.9. The molecule has 308 valence electrons. The van der Waals surface area contributed by atoms with Gasteiger partial charge in [-0.1, -0.05) is 92.8 Å². The third kappa shape index (κ3) is 5.74. The predicted octanol–water partition coefficient (Wildman–Crippen LogP) is 9.98. The van der Waals surface area contributed by atoms with E-state index in [2.05, 4.69) is 200 Å². The summed E-state index contributed by atoms with van der Waals surface area (Å²) in [6.07, 6.45) is 0. The molecule has 61 heavy (non-hydrogen) atoms. The summed E-state index contributed by atoms with van der Waals surface area (Å²) in [5, 5.41) is 0. The molecule has 6 aromatic rings. The maximum absolute atomic E-state index is 5.12. The van der Waals surface area contributed by atoms with Crippen LogP contribution in [0.3, 0.4) is 0 Å². The Balaban J connectivity index is 1.40. The lowest BCUT2D eigenvalue weighted by molar-refractivity contribution is 0.338. The summed E-state index contributed by atoms with van der Waals surface area (Å²) in [5.74, 6) is 1.07. The summed E-state index contributed by atoms with van der Waals surface area (Å²) < 4.78 is 0. The molecule has 0 aliphatic carbocycles. The fourth-order valence-corrected chi connectivity index (χ4v) is 11.6. The van der Waals surface area contributed by atoms with E-state index in [0.29, 0.717) is 0 Å². The number of rotatable bonds is 4. The number of fused-ring (bicyclic) bond motifs is 4. The molecular formula is C56H63B2N3. The van der Waals surface area contributed by atoms with E-state index in [1.54, 1.807) is 0 Å². The number of hydrogen-bond acceptors (Lipinski definition) is 3. The standard InChI is InChI=1S/C56H63B2N3/c1-30-18-24-50-46(26-30)57(52-38(9)34(5)32(3)35(6)39(52)10)48-28-44(43-20-22-45(23-21-43)61-42(13)59-55(14,15)56(61,16)17)29-49-54(48)60(50)51-25-19-31(2)27-47(51)58(49)53-40(11)36(7)33(4)37(8)41(53)12/h18-29H,1-17H3. The lowest BCUT2D eigenvalue weighted by Crippen LogP contribution is -2.66. The SMILES string of the molecule is CC1=NC(C)(C)C(C)(C)N1c1ccc(-c2cc3c4c(c2)B(c2c(C)c(C)c(C)c(C)c2C)c2cc(C)ccc2N4c2ccc(C)cc2B3c2c(C)c(C)c(C)c(C)c2C)cc1. The molecule has 3 heterocycles. The van der Waals surface area contributed by atoms with Crippen LogP contribution >= 0.6 is 0 Å². The zero-order valence-electron chi connectivity index (χ0n) is 39.9. The molecule has 0 saturated heterocycles. The van der Waals surface area contributed by atoms with Crippen LogP contribution in [0.5, 0.6) is 0 Å². The van der Waals surface area contributed by atoms with Crippen LogP contribution in [-0.2, 0) is 0 Å². The van der Waals surface area contributed by atoms with Crippen LogP contribution in [0.1, 0.15) is 101 Å². The highest BCUT2D eigenvalue weighted by atomic mass is 15.3. The first-order valence-electron chi connectivity index (χ1n) is 22.5. The van der Waals surface area contributed by atoms with Crippen molar-refractivity contribution in [2.24, 2.45) is 4.99 Å². The second-order valence-corrected chi connectivity index (χ2v) is 20.1. The van der Waals surface area contributed by atoms with E-state index in [0.717, 1.165) is 5.84 Å². The van der Waals surface area contributed by atoms with Crippen molar-refractivity contribution in [2.45, 2.75) is 129 Å². The zero-order chi connectivity index (χ0) is 43.9. The normalized spacial score (nSPS) is 15.9. The van der Waals surface area contributed by atoms with Crippen molar-refractivity contribution in [3.63, 3.8) is 0 Å². The minimum Gasteiger partial charge on any atom is -0.322 e.